The average Bonchev–Trinajstić information content (AvgIpc) is 2.78. The zero-order valence-electron chi connectivity index (χ0n) is 18.0. The second-order valence-corrected chi connectivity index (χ2v) is 10.3. The lowest BCUT2D eigenvalue weighted by Crippen LogP contribution is -2.39. The first-order valence-corrected chi connectivity index (χ1v) is 12.3. The van der Waals surface area contributed by atoms with Gasteiger partial charge in [0.15, 0.2) is 0 Å². The monoisotopic (exact) mass is 453 g/mol. The lowest BCUT2D eigenvalue weighted by molar-refractivity contribution is 0.0955. The Balaban J connectivity index is 1.62. The number of nitrogens with zero attached hydrogens (tertiary/aromatic N) is 1. The van der Waals surface area contributed by atoms with Crippen LogP contribution in [0.2, 0.25) is 0 Å². The van der Waals surface area contributed by atoms with Crippen molar-refractivity contribution in [1.82, 2.24) is 14.6 Å². The Hall–Kier alpha value is -2.97. The predicted molar refractivity (Wildman–Crippen MR) is 124 cm³/mol. The molecule has 4 rings (SSSR count). The van der Waals surface area contributed by atoms with E-state index < -0.39 is 21.5 Å². The van der Waals surface area contributed by atoms with Crippen molar-refractivity contribution in [2.75, 3.05) is 19.6 Å². The standard InChI is InChI=1S/C24H27N3O4S/c1-17-6-5-13-27(16-17)32(30,31)19-9-10-22-20(14-19)21(15-23(28)26-22)24(29)25-12-11-18-7-3-2-4-8-18/h2-4,7-10,14-15,17H,5-6,11-13,16H2,1H3,(H,25,29)(H,26,28). The van der Waals surface area contributed by atoms with Crippen molar-refractivity contribution in [3.05, 3.63) is 76.1 Å². The Kier molecular flexibility index (Phi) is 6.43. The molecule has 8 heteroatoms. The molecule has 0 radical (unpaired) electrons. The van der Waals surface area contributed by atoms with E-state index in [1.54, 1.807) is 6.07 Å². The van der Waals surface area contributed by atoms with E-state index in [1.165, 1.54) is 22.5 Å². The molecule has 7 nitrogen and oxygen atoms in total. The van der Waals surface area contributed by atoms with Gasteiger partial charge < -0.3 is 10.3 Å². The molecule has 168 valence electrons. The van der Waals surface area contributed by atoms with Gasteiger partial charge in [-0.15, -0.1) is 0 Å². The molecule has 1 saturated heterocycles. The van der Waals surface area contributed by atoms with Crippen LogP contribution in [0.1, 0.15) is 35.7 Å². The van der Waals surface area contributed by atoms with Crippen molar-refractivity contribution in [2.45, 2.75) is 31.1 Å². The summed E-state index contributed by atoms with van der Waals surface area (Å²) in [5.74, 6) is -0.0977. The van der Waals surface area contributed by atoms with Crippen LogP contribution in [0, 0.1) is 5.92 Å². The van der Waals surface area contributed by atoms with Gasteiger partial charge in [0.05, 0.1) is 10.5 Å². The molecule has 32 heavy (non-hydrogen) atoms. The van der Waals surface area contributed by atoms with Crippen LogP contribution in [-0.2, 0) is 16.4 Å². The fourth-order valence-electron chi connectivity index (χ4n) is 4.16. The number of sulfonamides is 1. The fraction of sp³-hybridized carbons (Fsp3) is 0.333. The minimum absolute atomic E-state index is 0.129. The Labute approximate surface area is 187 Å². The highest BCUT2D eigenvalue weighted by Crippen LogP contribution is 2.26. The van der Waals surface area contributed by atoms with E-state index in [2.05, 4.69) is 10.3 Å². The number of fused-ring (bicyclic) bond motifs is 1. The van der Waals surface area contributed by atoms with Gasteiger partial charge in [0.2, 0.25) is 15.6 Å². The first-order valence-electron chi connectivity index (χ1n) is 10.8. The SMILES string of the molecule is CC1CCCN(S(=O)(=O)c2ccc3[nH]c(=O)cc(C(=O)NCCc4ccccc4)c3c2)C1. The number of pyridine rings is 1. The van der Waals surface area contributed by atoms with Crippen molar-refractivity contribution in [3.8, 4) is 0 Å². The molecule has 1 amide bonds. The summed E-state index contributed by atoms with van der Waals surface area (Å²) in [7, 11) is -3.68. The van der Waals surface area contributed by atoms with Gasteiger partial charge in [0.1, 0.15) is 0 Å². The van der Waals surface area contributed by atoms with Crippen molar-refractivity contribution in [1.29, 1.82) is 0 Å². The van der Waals surface area contributed by atoms with Crippen molar-refractivity contribution >= 4 is 26.8 Å². The number of rotatable bonds is 6. The number of amides is 1. The van der Waals surface area contributed by atoms with Crippen LogP contribution in [-0.4, -0.2) is 43.2 Å². The number of piperidine rings is 1. The summed E-state index contributed by atoms with van der Waals surface area (Å²) in [6, 6.07) is 15.5. The number of nitrogens with one attached hydrogen (secondary N) is 2. The molecule has 3 aromatic rings. The molecule has 1 aliphatic heterocycles. The number of carbonyl (C=O) groups excluding carboxylic acids is 1. The maximum absolute atomic E-state index is 13.2. The molecule has 0 aliphatic carbocycles. The molecule has 0 bridgehead atoms. The van der Waals surface area contributed by atoms with Crippen LogP contribution in [0.3, 0.4) is 0 Å². The normalized spacial score (nSPS) is 17.3. The van der Waals surface area contributed by atoms with Gasteiger partial charge in [-0.25, -0.2) is 8.42 Å². The lowest BCUT2D eigenvalue weighted by Gasteiger charge is -2.30. The summed E-state index contributed by atoms with van der Waals surface area (Å²) in [4.78, 5) is 27.8. The predicted octanol–water partition coefficient (Wildman–Crippen LogP) is 2.92. The highest BCUT2D eigenvalue weighted by atomic mass is 32.2. The molecule has 1 atom stereocenters. The summed E-state index contributed by atoms with van der Waals surface area (Å²) < 4.78 is 27.9. The molecule has 2 aromatic carbocycles. The van der Waals surface area contributed by atoms with Crippen LogP contribution < -0.4 is 10.9 Å². The molecule has 0 saturated carbocycles. The largest absolute Gasteiger partial charge is 0.352 e. The number of hydrogen-bond donors (Lipinski definition) is 2. The van der Waals surface area contributed by atoms with E-state index in [4.69, 9.17) is 0 Å². The van der Waals surface area contributed by atoms with E-state index in [-0.39, 0.29) is 10.5 Å². The summed E-state index contributed by atoms with van der Waals surface area (Å²) in [6.07, 6.45) is 2.50. The van der Waals surface area contributed by atoms with Crippen molar-refractivity contribution < 1.29 is 13.2 Å². The van der Waals surface area contributed by atoms with Gasteiger partial charge in [0, 0.05) is 36.6 Å². The fourth-order valence-corrected chi connectivity index (χ4v) is 5.78. The van der Waals surface area contributed by atoms with Crippen LogP contribution in [0.4, 0.5) is 0 Å². The van der Waals surface area contributed by atoms with E-state index >= 15 is 0 Å². The van der Waals surface area contributed by atoms with Gasteiger partial charge >= 0.3 is 0 Å². The smallest absolute Gasteiger partial charge is 0.252 e. The highest BCUT2D eigenvalue weighted by molar-refractivity contribution is 7.89. The maximum Gasteiger partial charge on any atom is 0.252 e. The third-order valence-corrected chi connectivity index (χ3v) is 7.72. The number of carbonyl (C=O) groups is 1. The van der Waals surface area contributed by atoms with E-state index in [9.17, 15) is 18.0 Å². The van der Waals surface area contributed by atoms with Gasteiger partial charge in [0.25, 0.3) is 5.91 Å². The third-order valence-electron chi connectivity index (χ3n) is 5.86. The number of aromatic nitrogens is 1. The number of aromatic amines is 1. The minimum Gasteiger partial charge on any atom is -0.352 e. The van der Waals surface area contributed by atoms with Gasteiger partial charge in [-0.3, -0.25) is 9.59 Å². The molecule has 1 aromatic heterocycles. The summed E-state index contributed by atoms with van der Waals surface area (Å²) in [5.41, 5.74) is 1.27. The molecular formula is C24H27N3O4S. The van der Waals surface area contributed by atoms with Crippen molar-refractivity contribution in [3.63, 3.8) is 0 Å². The summed E-state index contributed by atoms with van der Waals surface area (Å²) >= 11 is 0. The van der Waals surface area contributed by atoms with Gasteiger partial charge in [-0.1, -0.05) is 37.3 Å². The van der Waals surface area contributed by atoms with E-state index in [0.29, 0.717) is 42.9 Å². The second kappa shape index (κ2) is 9.26. The van der Waals surface area contributed by atoms with Crippen LogP contribution in [0.5, 0.6) is 0 Å². The molecule has 2 N–H and O–H groups in total. The Bertz CT molecular complexity index is 1290. The highest BCUT2D eigenvalue weighted by Gasteiger charge is 2.29. The minimum atomic E-state index is -3.68. The van der Waals surface area contributed by atoms with Crippen molar-refractivity contribution in [2.24, 2.45) is 5.92 Å². The Morgan fingerprint density at radius 3 is 2.69 bits per heavy atom. The second-order valence-electron chi connectivity index (χ2n) is 8.36. The number of hydrogen-bond acceptors (Lipinski definition) is 4. The molecule has 0 spiro atoms. The van der Waals surface area contributed by atoms with Crippen LogP contribution in [0.15, 0.2) is 64.3 Å². The summed E-state index contributed by atoms with van der Waals surface area (Å²) in [5, 5.41) is 3.25. The van der Waals surface area contributed by atoms with E-state index in [1.807, 2.05) is 37.3 Å². The van der Waals surface area contributed by atoms with Crippen LogP contribution in [0.25, 0.3) is 10.9 Å². The Morgan fingerprint density at radius 2 is 1.94 bits per heavy atom. The molecule has 2 heterocycles. The van der Waals surface area contributed by atoms with E-state index in [0.717, 1.165) is 18.4 Å². The molecular weight excluding hydrogens is 426 g/mol. The number of benzene rings is 2. The molecule has 1 aliphatic rings. The quantitative estimate of drug-likeness (QED) is 0.599. The number of H-pyrrole nitrogens is 1. The van der Waals surface area contributed by atoms with Gasteiger partial charge in [-0.05, 0) is 48.9 Å². The average molecular weight is 454 g/mol. The maximum atomic E-state index is 13.2. The zero-order valence-corrected chi connectivity index (χ0v) is 18.8. The summed E-state index contributed by atoms with van der Waals surface area (Å²) in [6.45, 7) is 3.42. The topological polar surface area (TPSA) is 99.3 Å². The Morgan fingerprint density at radius 1 is 1.16 bits per heavy atom. The molecule has 1 unspecified atom stereocenters. The third kappa shape index (κ3) is 4.76. The van der Waals surface area contributed by atoms with Crippen LogP contribution >= 0.6 is 0 Å². The zero-order chi connectivity index (χ0) is 22.7. The first kappa shape index (κ1) is 22.2. The lowest BCUT2D eigenvalue weighted by atomic mass is 10.0. The first-order chi connectivity index (χ1) is 15.3. The van der Waals surface area contributed by atoms with Gasteiger partial charge in [-0.2, -0.15) is 4.31 Å². The molecule has 1 fully saturated rings.